The predicted molar refractivity (Wildman–Crippen MR) is 117 cm³/mol. The average Bonchev–Trinajstić information content (AvgIpc) is 2.70. The van der Waals surface area contributed by atoms with Crippen LogP contribution in [-0.2, 0) is 9.59 Å². The highest BCUT2D eigenvalue weighted by Crippen LogP contribution is 2.20. The smallest absolute Gasteiger partial charge is 0.243 e. The number of phenols is 1. The lowest BCUT2D eigenvalue weighted by Gasteiger charge is -2.35. The summed E-state index contributed by atoms with van der Waals surface area (Å²) in [5.41, 5.74) is 2.75. The van der Waals surface area contributed by atoms with E-state index in [2.05, 4.69) is 36.4 Å². The van der Waals surface area contributed by atoms with Crippen molar-refractivity contribution in [2.45, 2.75) is 6.92 Å². The van der Waals surface area contributed by atoms with E-state index in [-0.39, 0.29) is 30.7 Å². The first-order valence-electron chi connectivity index (χ1n) is 9.50. The number of anilines is 2. The second kappa shape index (κ2) is 9.76. The molecule has 1 aliphatic heterocycles. The molecule has 2 amide bonds. The Morgan fingerprint density at radius 1 is 1.03 bits per heavy atom. The second-order valence-electron chi connectivity index (χ2n) is 7.06. The van der Waals surface area contributed by atoms with Gasteiger partial charge in [-0.25, -0.2) is 0 Å². The minimum atomic E-state index is -0.249. The maximum absolute atomic E-state index is 12.2. The lowest BCUT2D eigenvalue weighted by atomic mass is 10.2. The highest BCUT2D eigenvalue weighted by Gasteiger charge is 2.19. The molecule has 154 valence electrons. The van der Waals surface area contributed by atoms with Gasteiger partial charge in [0, 0.05) is 42.0 Å². The molecule has 1 heterocycles. The minimum Gasteiger partial charge on any atom is -0.508 e. The van der Waals surface area contributed by atoms with Crippen molar-refractivity contribution < 1.29 is 14.7 Å². The number of hydrogen-bond acceptors (Lipinski definition) is 5. The summed E-state index contributed by atoms with van der Waals surface area (Å²) in [4.78, 5) is 28.6. The van der Waals surface area contributed by atoms with E-state index in [1.54, 1.807) is 12.1 Å². The molecule has 0 atom stereocenters. The van der Waals surface area contributed by atoms with Crippen LogP contribution in [0.15, 0.2) is 46.9 Å². The number of aromatic hydroxyl groups is 1. The van der Waals surface area contributed by atoms with Crippen LogP contribution in [0.3, 0.4) is 0 Å². The maximum Gasteiger partial charge on any atom is 0.243 e. The molecule has 0 unspecified atom stereocenters. The molecule has 1 aliphatic rings. The van der Waals surface area contributed by atoms with Crippen molar-refractivity contribution in [2.75, 3.05) is 49.5 Å². The molecule has 0 aromatic heterocycles. The number of phenolic OH excluding ortho intramolecular Hbond substituents is 1. The van der Waals surface area contributed by atoms with Gasteiger partial charge in [0.05, 0.1) is 13.1 Å². The number of aryl methyl sites for hydroxylation is 1. The summed E-state index contributed by atoms with van der Waals surface area (Å²) in [5.74, 6) is -0.157. The van der Waals surface area contributed by atoms with Crippen LogP contribution >= 0.6 is 15.9 Å². The largest absolute Gasteiger partial charge is 0.508 e. The standard InChI is InChI=1S/C21H25BrN4O3/c1-15-12-16(22)2-7-19(15)24-20(28)13-23-21(29)14-25-8-10-26(11-9-25)17-3-5-18(27)6-4-17/h2-7,12,27H,8-11,13-14H2,1H3,(H,23,29)(H,24,28). The van der Waals surface area contributed by atoms with Crippen LogP contribution in [0.5, 0.6) is 5.75 Å². The summed E-state index contributed by atoms with van der Waals surface area (Å²) in [5, 5.41) is 14.9. The number of amides is 2. The molecule has 2 aromatic rings. The summed E-state index contributed by atoms with van der Waals surface area (Å²) < 4.78 is 0.951. The van der Waals surface area contributed by atoms with Crippen molar-refractivity contribution in [3.63, 3.8) is 0 Å². The number of halogens is 1. The number of nitrogens with one attached hydrogen (secondary N) is 2. The summed E-state index contributed by atoms with van der Waals surface area (Å²) in [7, 11) is 0. The molecule has 3 N–H and O–H groups in total. The Hall–Kier alpha value is -2.58. The Kier molecular flexibility index (Phi) is 7.11. The quantitative estimate of drug-likeness (QED) is 0.615. The number of rotatable bonds is 6. The van der Waals surface area contributed by atoms with Crippen LogP contribution in [0.1, 0.15) is 5.56 Å². The van der Waals surface area contributed by atoms with E-state index in [1.807, 2.05) is 37.3 Å². The number of piperazine rings is 1. The van der Waals surface area contributed by atoms with Gasteiger partial charge in [0.15, 0.2) is 0 Å². The maximum atomic E-state index is 12.2. The third kappa shape index (κ3) is 6.20. The lowest BCUT2D eigenvalue weighted by molar-refractivity contribution is -0.125. The molecule has 29 heavy (non-hydrogen) atoms. The van der Waals surface area contributed by atoms with E-state index < -0.39 is 0 Å². The fraction of sp³-hybridized carbons (Fsp3) is 0.333. The Bertz CT molecular complexity index is 865. The van der Waals surface area contributed by atoms with E-state index in [0.717, 1.165) is 47.6 Å². The van der Waals surface area contributed by atoms with Crippen LogP contribution < -0.4 is 15.5 Å². The zero-order valence-electron chi connectivity index (χ0n) is 16.3. The van der Waals surface area contributed by atoms with Gasteiger partial charge in [-0.1, -0.05) is 15.9 Å². The van der Waals surface area contributed by atoms with Gasteiger partial charge in [0.1, 0.15) is 5.75 Å². The molecule has 1 fully saturated rings. The molecule has 0 radical (unpaired) electrons. The third-order valence-corrected chi connectivity index (χ3v) is 5.36. The van der Waals surface area contributed by atoms with Crippen molar-refractivity contribution in [1.82, 2.24) is 10.2 Å². The fourth-order valence-corrected chi connectivity index (χ4v) is 3.70. The molecule has 0 bridgehead atoms. The van der Waals surface area contributed by atoms with Gasteiger partial charge >= 0.3 is 0 Å². The summed E-state index contributed by atoms with van der Waals surface area (Å²) in [6, 6.07) is 12.7. The molecule has 0 saturated carbocycles. The molecule has 3 rings (SSSR count). The Balaban J connectivity index is 1.38. The van der Waals surface area contributed by atoms with Gasteiger partial charge in [-0.2, -0.15) is 0 Å². The topological polar surface area (TPSA) is 84.9 Å². The van der Waals surface area contributed by atoms with Crippen LogP contribution in [-0.4, -0.2) is 61.1 Å². The second-order valence-corrected chi connectivity index (χ2v) is 7.98. The molecular formula is C21H25BrN4O3. The number of nitrogens with zero attached hydrogens (tertiary/aromatic N) is 2. The van der Waals surface area contributed by atoms with Crippen molar-refractivity contribution in [3.05, 3.63) is 52.5 Å². The average molecular weight is 461 g/mol. The van der Waals surface area contributed by atoms with Gasteiger partial charge in [-0.05, 0) is 55.0 Å². The van der Waals surface area contributed by atoms with Crippen molar-refractivity contribution >= 4 is 39.1 Å². The van der Waals surface area contributed by atoms with Crippen LogP contribution in [0.25, 0.3) is 0 Å². The molecule has 0 spiro atoms. The SMILES string of the molecule is Cc1cc(Br)ccc1NC(=O)CNC(=O)CN1CCN(c2ccc(O)cc2)CC1. The van der Waals surface area contributed by atoms with E-state index in [1.165, 1.54) is 0 Å². The van der Waals surface area contributed by atoms with Crippen molar-refractivity contribution in [1.29, 1.82) is 0 Å². The Labute approximate surface area is 178 Å². The number of carbonyl (C=O) groups is 2. The zero-order chi connectivity index (χ0) is 20.8. The number of hydrogen-bond donors (Lipinski definition) is 3. The van der Waals surface area contributed by atoms with Crippen LogP contribution in [0.4, 0.5) is 11.4 Å². The van der Waals surface area contributed by atoms with Crippen LogP contribution in [0, 0.1) is 6.92 Å². The molecule has 1 saturated heterocycles. The van der Waals surface area contributed by atoms with Crippen molar-refractivity contribution in [2.24, 2.45) is 0 Å². The summed E-state index contributed by atoms with van der Waals surface area (Å²) in [6.45, 7) is 5.27. The molecule has 8 heteroatoms. The molecule has 2 aromatic carbocycles. The highest BCUT2D eigenvalue weighted by molar-refractivity contribution is 9.10. The fourth-order valence-electron chi connectivity index (χ4n) is 3.23. The molecule has 7 nitrogen and oxygen atoms in total. The van der Waals surface area contributed by atoms with Gasteiger partial charge in [0.2, 0.25) is 11.8 Å². The van der Waals surface area contributed by atoms with E-state index in [9.17, 15) is 14.7 Å². The summed E-state index contributed by atoms with van der Waals surface area (Å²) in [6.07, 6.45) is 0. The van der Waals surface area contributed by atoms with E-state index >= 15 is 0 Å². The van der Waals surface area contributed by atoms with Crippen LogP contribution in [0.2, 0.25) is 0 Å². The third-order valence-electron chi connectivity index (χ3n) is 4.86. The first-order valence-corrected chi connectivity index (χ1v) is 10.3. The molecular weight excluding hydrogens is 436 g/mol. The number of benzene rings is 2. The zero-order valence-corrected chi connectivity index (χ0v) is 17.9. The monoisotopic (exact) mass is 460 g/mol. The van der Waals surface area contributed by atoms with Gasteiger partial charge < -0.3 is 20.6 Å². The normalized spacial score (nSPS) is 14.5. The van der Waals surface area contributed by atoms with Crippen molar-refractivity contribution in [3.8, 4) is 5.75 Å². The highest BCUT2D eigenvalue weighted by atomic mass is 79.9. The Morgan fingerprint density at radius 2 is 1.72 bits per heavy atom. The first-order chi connectivity index (χ1) is 13.9. The minimum absolute atomic E-state index is 0.0538. The van der Waals surface area contributed by atoms with E-state index in [4.69, 9.17) is 0 Å². The Morgan fingerprint density at radius 3 is 2.38 bits per heavy atom. The molecule has 0 aliphatic carbocycles. The van der Waals surface area contributed by atoms with E-state index in [0.29, 0.717) is 0 Å². The van der Waals surface area contributed by atoms with Gasteiger partial charge in [-0.3, -0.25) is 14.5 Å². The predicted octanol–water partition coefficient (Wildman–Crippen LogP) is 2.34. The summed E-state index contributed by atoms with van der Waals surface area (Å²) >= 11 is 3.39. The van der Waals surface area contributed by atoms with Gasteiger partial charge in [0.25, 0.3) is 0 Å². The first kappa shape index (κ1) is 21.1. The lowest BCUT2D eigenvalue weighted by Crippen LogP contribution is -2.50. The van der Waals surface area contributed by atoms with Gasteiger partial charge in [-0.15, -0.1) is 0 Å². The number of carbonyl (C=O) groups excluding carboxylic acids is 2.